The Morgan fingerprint density at radius 1 is 0.652 bits per heavy atom. The van der Waals surface area contributed by atoms with Crippen LogP contribution < -0.4 is 0 Å². The van der Waals surface area contributed by atoms with E-state index in [-0.39, 0.29) is 0 Å². The highest BCUT2D eigenvalue weighted by Crippen LogP contribution is 2.28. The van der Waals surface area contributed by atoms with Gasteiger partial charge >= 0.3 is 0 Å². The van der Waals surface area contributed by atoms with Gasteiger partial charge in [-0.05, 0) is 0 Å². The first-order valence-corrected chi connectivity index (χ1v) is 7.08. The first kappa shape index (κ1) is 18.9. The molecule has 11 heteroatoms. The Hall–Kier alpha value is -0.440. The number of ether oxygens (including phenoxy) is 3. The van der Waals surface area contributed by atoms with E-state index in [1.54, 1.807) is 0 Å². The molecule has 23 heavy (non-hydrogen) atoms. The summed E-state index contributed by atoms with van der Waals surface area (Å²) in [4.78, 5) is 0. The van der Waals surface area contributed by atoms with Crippen molar-refractivity contribution in [1.82, 2.24) is 0 Å². The highest BCUT2D eigenvalue weighted by molar-refractivity contribution is 4.93. The van der Waals surface area contributed by atoms with Crippen LogP contribution in [0, 0.1) is 0 Å². The summed E-state index contributed by atoms with van der Waals surface area (Å²) in [6, 6.07) is 0. The van der Waals surface area contributed by atoms with E-state index in [1.165, 1.54) is 0 Å². The van der Waals surface area contributed by atoms with Gasteiger partial charge in [-0.15, -0.1) is 0 Å². The molecule has 2 saturated heterocycles. The monoisotopic (exact) mass is 342 g/mol. The van der Waals surface area contributed by atoms with Gasteiger partial charge in [0.25, 0.3) is 0 Å². The van der Waals surface area contributed by atoms with E-state index in [0.717, 1.165) is 0 Å². The quantitative estimate of drug-likeness (QED) is 0.243. The molecule has 0 aromatic carbocycles. The molecule has 0 radical (unpaired) electrons. The normalized spacial score (nSPS) is 51.7. The lowest BCUT2D eigenvalue weighted by Gasteiger charge is -2.45. The number of aliphatic hydroxyl groups is 8. The smallest absolute Gasteiger partial charge is 0.187 e. The van der Waals surface area contributed by atoms with Crippen molar-refractivity contribution >= 4 is 0 Å². The molecule has 10 atom stereocenters. The van der Waals surface area contributed by atoms with E-state index < -0.39 is 74.6 Å². The fourth-order valence-electron chi connectivity index (χ4n) is 2.57. The van der Waals surface area contributed by atoms with E-state index in [2.05, 4.69) is 0 Å². The molecule has 0 aromatic rings. The van der Waals surface area contributed by atoms with Crippen LogP contribution in [0.5, 0.6) is 0 Å². The zero-order chi connectivity index (χ0) is 17.3. The van der Waals surface area contributed by atoms with Crippen molar-refractivity contribution in [3.63, 3.8) is 0 Å². The largest absolute Gasteiger partial charge is 0.394 e. The van der Waals surface area contributed by atoms with Crippen LogP contribution >= 0.6 is 0 Å². The topological polar surface area (TPSA) is 190 Å². The van der Waals surface area contributed by atoms with E-state index in [4.69, 9.17) is 19.3 Å². The second-order valence-electron chi connectivity index (χ2n) is 5.53. The fourth-order valence-corrected chi connectivity index (χ4v) is 2.57. The van der Waals surface area contributed by atoms with Crippen LogP contribution in [-0.2, 0) is 14.2 Å². The summed E-state index contributed by atoms with van der Waals surface area (Å²) < 4.78 is 15.3. The predicted molar refractivity (Wildman–Crippen MR) is 68.6 cm³/mol. The van der Waals surface area contributed by atoms with Crippen LogP contribution in [0.4, 0.5) is 0 Å². The Kier molecular flexibility index (Phi) is 6.27. The Morgan fingerprint density at radius 2 is 1.26 bits per heavy atom. The average molecular weight is 342 g/mol. The summed E-state index contributed by atoms with van der Waals surface area (Å²) in [7, 11) is 0. The minimum Gasteiger partial charge on any atom is -0.394 e. The van der Waals surface area contributed by atoms with Crippen LogP contribution in [0.1, 0.15) is 0 Å². The van der Waals surface area contributed by atoms with Crippen molar-refractivity contribution in [2.45, 2.75) is 61.4 Å². The van der Waals surface area contributed by atoms with Gasteiger partial charge in [0.05, 0.1) is 13.2 Å². The molecule has 0 spiro atoms. The summed E-state index contributed by atoms with van der Waals surface area (Å²) in [5.74, 6) is 0. The highest BCUT2D eigenvalue weighted by Gasteiger charge is 2.50. The van der Waals surface area contributed by atoms with Crippen molar-refractivity contribution in [2.24, 2.45) is 0 Å². The maximum Gasteiger partial charge on any atom is 0.187 e. The van der Waals surface area contributed by atoms with Crippen LogP contribution in [0.15, 0.2) is 0 Å². The molecular weight excluding hydrogens is 320 g/mol. The SMILES string of the molecule is OC[C@H]1O[C@@H](O[C@H]2[C@H](O)[C@H](O)[C@@H](O)O[C@@H]2CO)[C@H](O)[C@@H](O)[C@@H]1O. The van der Waals surface area contributed by atoms with Crippen LogP contribution in [0.2, 0.25) is 0 Å². The van der Waals surface area contributed by atoms with Crippen LogP contribution in [0.25, 0.3) is 0 Å². The molecule has 2 fully saturated rings. The molecule has 11 nitrogen and oxygen atoms in total. The van der Waals surface area contributed by atoms with Gasteiger partial charge in [0.1, 0.15) is 48.8 Å². The standard InChI is InChI=1S/C12H22O11/c13-1-3-5(15)6(16)9(19)12(22-3)23-10-4(2-14)21-11(20)8(18)7(10)17/h3-20H,1-2H2/t3-,4-,5-,6+,7-,8+,9-,10-,11+,12+/m1/s1. The van der Waals surface area contributed by atoms with Crippen molar-refractivity contribution < 1.29 is 55.1 Å². The van der Waals surface area contributed by atoms with Gasteiger partial charge in [-0.3, -0.25) is 0 Å². The van der Waals surface area contributed by atoms with Crippen molar-refractivity contribution in [1.29, 1.82) is 0 Å². The summed E-state index contributed by atoms with van der Waals surface area (Å²) in [5, 5.41) is 76.5. The lowest BCUT2D eigenvalue weighted by Crippen LogP contribution is -2.64. The number of hydrogen-bond donors (Lipinski definition) is 8. The fraction of sp³-hybridized carbons (Fsp3) is 1.00. The lowest BCUT2D eigenvalue weighted by molar-refractivity contribution is -0.355. The third-order valence-electron chi connectivity index (χ3n) is 3.98. The zero-order valence-electron chi connectivity index (χ0n) is 12.0. The summed E-state index contributed by atoms with van der Waals surface area (Å²) in [6.45, 7) is -1.35. The third kappa shape index (κ3) is 3.65. The van der Waals surface area contributed by atoms with Gasteiger partial charge < -0.3 is 55.1 Å². The van der Waals surface area contributed by atoms with Gasteiger partial charge in [0.15, 0.2) is 12.6 Å². The number of hydrogen-bond acceptors (Lipinski definition) is 11. The Bertz CT molecular complexity index is 378. The molecule has 136 valence electrons. The average Bonchev–Trinajstić information content (AvgIpc) is 2.55. The van der Waals surface area contributed by atoms with Crippen LogP contribution in [0.3, 0.4) is 0 Å². The summed E-state index contributed by atoms with van der Waals surface area (Å²) in [5.41, 5.74) is 0. The molecule has 0 bridgehead atoms. The molecule has 0 saturated carbocycles. The molecule has 2 rings (SSSR count). The lowest BCUT2D eigenvalue weighted by atomic mass is 9.97. The van der Waals surface area contributed by atoms with Crippen LogP contribution in [-0.4, -0.2) is 115 Å². The minimum atomic E-state index is -1.74. The first-order valence-electron chi connectivity index (χ1n) is 7.08. The van der Waals surface area contributed by atoms with E-state index >= 15 is 0 Å². The Balaban J connectivity index is 2.11. The molecule has 0 aliphatic carbocycles. The van der Waals surface area contributed by atoms with Crippen molar-refractivity contribution in [2.75, 3.05) is 13.2 Å². The molecule has 0 aromatic heterocycles. The predicted octanol–water partition coefficient (Wildman–Crippen LogP) is -5.40. The zero-order valence-corrected chi connectivity index (χ0v) is 12.0. The van der Waals surface area contributed by atoms with Gasteiger partial charge in [-0.25, -0.2) is 0 Å². The first-order chi connectivity index (χ1) is 10.8. The summed E-state index contributed by atoms with van der Waals surface area (Å²) >= 11 is 0. The minimum absolute atomic E-state index is 0.667. The molecular formula is C12H22O11. The second kappa shape index (κ2) is 7.63. The molecule has 2 aliphatic rings. The molecule has 2 heterocycles. The second-order valence-corrected chi connectivity index (χ2v) is 5.53. The van der Waals surface area contributed by atoms with Crippen molar-refractivity contribution in [3.8, 4) is 0 Å². The van der Waals surface area contributed by atoms with E-state index in [0.29, 0.717) is 0 Å². The maximum absolute atomic E-state index is 9.94. The van der Waals surface area contributed by atoms with E-state index in [9.17, 15) is 35.7 Å². The number of rotatable bonds is 4. The van der Waals surface area contributed by atoms with Gasteiger partial charge in [0.2, 0.25) is 0 Å². The molecule has 8 N–H and O–H groups in total. The summed E-state index contributed by atoms with van der Waals surface area (Å²) in [6.07, 6.45) is -15.6. The van der Waals surface area contributed by atoms with E-state index in [1.807, 2.05) is 0 Å². The van der Waals surface area contributed by atoms with Gasteiger partial charge in [-0.1, -0.05) is 0 Å². The van der Waals surface area contributed by atoms with Crippen molar-refractivity contribution in [3.05, 3.63) is 0 Å². The Labute approximate surface area is 130 Å². The molecule has 2 aliphatic heterocycles. The van der Waals surface area contributed by atoms with Gasteiger partial charge in [-0.2, -0.15) is 0 Å². The highest BCUT2D eigenvalue weighted by atomic mass is 16.7. The third-order valence-corrected chi connectivity index (χ3v) is 3.98. The molecule has 0 unspecified atom stereocenters. The number of aliphatic hydroxyl groups excluding tert-OH is 8. The Morgan fingerprint density at radius 3 is 1.83 bits per heavy atom. The van der Waals surface area contributed by atoms with Gasteiger partial charge in [0, 0.05) is 0 Å². The maximum atomic E-state index is 9.94. The molecule has 0 amide bonds.